The van der Waals surface area contributed by atoms with Crippen LogP contribution >= 0.6 is 0 Å². The van der Waals surface area contributed by atoms with Crippen molar-refractivity contribution in [2.75, 3.05) is 0 Å². The van der Waals surface area contributed by atoms with Crippen LogP contribution in [-0.2, 0) is 9.31 Å². The number of aliphatic hydroxyl groups is 1. The molecule has 4 nitrogen and oxygen atoms in total. The van der Waals surface area contributed by atoms with E-state index < -0.39 is 23.8 Å². The van der Waals surface area contributed by atoms with Gasteiger partial charge in [-0.2, -0.15) is 5.26 Å². The lowest BCUT2D eigenvalue weighted by Crippen LogP contribution is -2.46. The van der Waals surface area contributed by atoms with Gasteiger partial charge >= 0.3 is 7.12 Å². The van der Waals surface area contributed by atoms with E-state index in [1.165, 1.54) is 0 Å². The fourth-order valence-electron chi connectivity index (χ4n) is 1.74. The van der Waals surface area contributed by atoms with Gasteiger partial charge in [0.05, 0.1) is 22.8 Å². The molecule has 0 bridgehead atoms. The molecule has 1 atom stereocenters. The van der Waals surface area contributed by atoms with E-state index in [-0.39, 0.29) is 0 Å². The highest BCUT2D eigenvalue weighted by molar-refractivity contribution is 6.49. The van der Waals surface area contributed by atoms with Crippen molar-refractivity contribution >= 4 is 7.12 Å². The van der Waals surface area contributed by atoms with Gasteiger partial charge in [0.1, 0.15) is 0 Å². The molecular formula is C12H22BNO3. The molecule has 1 rings (SSSR count). The maximum Gasteiger partial charge on any atom is 0.491 e. The van der Waals surface area contributed by atoms with Gasteiger partial charge in [-0.3, -0.25) is 0 Å². The molecule has 0 aliphatic carbocycles. The highest BCUT2D eigenvalue weighted by Crippen LogP contribution is 2.40. The molecule has 1 aliphatic rings. The molecule has 1 unspecified atom stereocenters. The third kappa shape index (κ3) is 3.01. The van der Waals surface area contributed by atoms with Gasteiger partial charge in [0.15, 0.2) is 0 Å². The smallest absolute Gasteiger partial charge is 0.401 e. The van der Waals surface area contributed by atoms with E-state index >= 15 is 0 Å². The molecule has 1 fully saturated rings. The van der Waals surface area contributed by atoms with E-state index in [0.717, 1.165) is 0 Å². The molecule has 1 N–H and O–H groups in total. The predicted octanol–water partition coefficient (Wildman–Crippen LogP) is 2.06. The Balaban J connectivity index is 2.66. The molecule has 5 heteroatoms. The molecule has 0 spiro atoms. The normalized spacial score (nSPS) is 25.4. The fraction of sp³-hybridized carbons (Fsp3) is 0.917. The maximum absolute atomic E-state index is 10.3. The lowest BCUT2D eigenvalue weighted by molar-refractivity contribution is 0.00578. The first-order chi connectivity index (χ1) is 7.62. The average Bonchev–Trinajstić information content (AvgIpc) is 2.37. The first-order valence-corrected chi connectivity index (χ1v) is 6.07. The standard InChI is InChI=1S/C12H22BNO3/c1-10(2)11(3,4)17-13(16-10)12(5,15)8-6-7-9-14/h15H,6-8H2,1-5H3. The van der Waals surface area contributed by atoms with Gasteiger partial charge in [0.25, 0.3) is 0 Å². The second-order valence-corrected chi connectivity index (χ2v) is 5.96. The number of rotatable bonds is 4. The van der Waals surface area contributed by atoms with Gasteiger partial charge in [-0.25, -0.2) is 0 Å². The van der Waals surface area contributed by atoms with Crippen LogP contribution in [0.1, 0.15) is 53.9 Å². The number of hydrogen-bond donors (Lipinski definition) is 1. The number of unbranched alkanes of at least 4 members (excludes halogenated alkanes) is 1. The number of nitriles is 1. The van der Waals surface area contributed by atoms with Gasteiger partial charge in [-0.05, 0) is 47.5 Å². The first-order valence-electron chi connectivity index (χ1n) is 6.07. The zero-order valence-corrected chi connectivity index (χ0v) is 11.4. The van der Waals surface area contributed by atoms with E-state index in [0.29, 0.717) is 19.3 Å². The van der Waals surface area contributed by atoms with Crippen molar-refractivity contribution in [3.8, 4) is 6.07 Å². The third-order valence-electron chi connectivity index (χ3n) is 3.73. The summed E-state index contributed by atoms with van der Waals surface area (Å²) in [5, 5.41) is 18.8. The van der Waals surface area contributed by atoms with Crippen LogP contribution in [0.2, 0.25) is 0 Å². The van der Waals surface area contributed by atoms with Crippen LogP contribution in [-0.4, -0.2) is 28.9 Å². The minimum absolute atomic E-state index is 0.434. The quantitative estimate of drug-likeness (QED) is 0.602. The molecule has 0 radical (unpaired) electrons. The van der Waals surface area contributed by atoms with Crippen molar-refractivity contribution in [2.24, 2.45) is 0 Å². The lowest BCUT2D eigenvalue weighted by atomic mass is 9.66. The number of hydrogen-bond acceptors (Lipinski definition) is 4. The monoisotopic (exact) mass is 239 g/mol. The van der Waals surface area contributed by atoms with Crippen molar-refractivity contribution in [2.45, 2.75) is 70.6 Å². The van der Waals surface area contributed by atoms with Crippen LogP contribution in [0.4, 0.5) is 0 Å². The summed E-state index contributed by atoms with van der Waals surface area (Å²) in [5.41, 5.74) is -1.92. The second-order valence-electron chi connectivity index (χ2n) is 5.96. The Kier molecular flexibility index (Phi) is 3.92. The van der Waals surface area contributed by atoms with Crippen LogP contribution in [0.15, 0.2) is 0 Å². The molecule has 0 saturated carbocycles. The fourth-order valence-corrected chi connectivity index (χ4v) is 1.74. The van der Waals surface area contributed by atoms with E-state index in [2.05, 4.69) is 6.07 Å². The topological polar surface area (TPSA) is 62.5 Å². The summed E-state index contributed by atoms with van der Waals surface area (Å²) in [5.74, 6) is 0. The Morgan fingerprint density at radius 1 is 1.24 bits per heavy atom. The van der Waals surface area contributed by atoms with Crippen molar-refractivity contribution in [3.63, 3.8) is 0 Å². The maximum atomic E-state index is 10.3. The Morgan fingerprint density at radius 3 is 2.12 bits per heavy atom. The second kappa shape index (κ2) is 4.60. The van der Waals surface area contributed by atoms with Crippen LogP contribution in [0, 0.1) is 11.3 Å². The third-order valence-corrected chi connectivity index (χ3v) is 3.73. The largest absolute Gasteiger partial charge is 0.491 e. The molecule has 17 heavy (non-hydrogen) atoms. The van der Waals surface area contributed by atoms with Crippen molar-refractivity contribution in [1.82, 2.24) is 0 Å². The Morgan fingerprint density at radius 2 is 1.71 bits per heavy atom. The minimum Gasteiger partial charge on any atom is -0.401 e. The van der Waals surface area contributed by atoms with E-state index in [4.69, 9.17) is 14.6 Å². The van der Waals surface area contributed by atoms with Crippen LogP contribution in [0.3, 0.4) is 0 Å². The molecule has 1 heterocycles. The van der Waals surface area contributed by atoms with E-state index in [1.807, 2.05) is 27.7 Å². The Hall–Kier alpha value is -0.565. The first kappa shape index (κ1) is 14.5. The van der Waals surface area contributed by atoms with Crippen molar-refractivity contribution in [1.29, 1.82) is 5.26 Å². The van der Waals surface area contributed by atoms with Gasteiger partial charge in [-0.15, -0.1) is 0 Å². The summed E-state index contributed by atoms with van der Waals surface area (Å²) in [6, 6.07) is 2.07. The SMILES string of the molecule is CC(O)(CCCC#N)B1OC(C)(C)C(C)(C)O1. The molecule has 1 saturated heterocycles. The summed E-state index contributed by atoms with van der Waals surface area (Å²) in [6.45, 7) is 9.53. The summed E-state index contributed by atoms with van der Waals surface area (Å²) in [4.78, 5) is 0. The molecular weight excluding hydrogens is 217 g/mol. The molecule has 0 amide bonds. The van der Waals surface area contributed by atoms with Gasteiger partial charge in [0.2, 0.25) is 0 Å². The van der Waals surface area contributed by atoms with E-state index in [1.54, 1.807) is 6.92 Å². The molecule has 0 aromatic rings. The predicted molar refractivity (Wildman–Crippen MR) is 66.2 cm³/mol. The van der Waals surface area contributed by atoms with Gasteiger partial charge in [0, 0.05) is 6.42 Å². The van der Waals surface area contributed by atoms with Gasteiger partial charge in [-0.1, -0.05) is 0 Å². The van der Waals surface area contributed by atoms with E-state index in [9.17, 15) is 5.11 Å². The molecule has 0 aromatic carbocycles. The summed E-state index contributed by atoms with van der Waals surface area (Å²) < 4.78 is 11.6. The highest BCUT2D eigenvalue weighted by Gasteiger charge is 2.57. The molecule has 96 valence electrons. The van der Waals surface area contributed by atoms with Crippen LogP contribution in [0.5, 0.6) is 0 Å². The summed E-state index contributed by atoms with van der Waals surface area (Å²) in [7, 11) is -0.633. The van der Waals surface area contributed by atoms with Crippen LogP contribution < -0.4 is 0 Å². The zero-order valence-electron chi connectivity index (χ0n) is 11.4. The van der Waals surface area contributed by atoms with Crippen molar-refractivity contribution in [3.05, 3.63) is 0 Å². The summed E-state index contributed by atoms with van der Waals surface area (Å²) in [6.07, 6.45) is 1.58. The molecule has 0 aromatic heterocycles. The van der Waals surface area contributed by atoms with Crippen LogP contribution in [0.25, 0.3) is 0 Å². The number of nitrogens with zero attached hydrogens (tertiary/aromatic N) is 1. The summed E-state index contributed by atoms with van der Waals surface area (Å²) >= 11 is 0. The average molecular weight is 239 g/mol. The highest BCUT2D eigenvalue weighted by atomic mass is 16.7. The zero-order chi connectivity index (χ0) is 13.3. The lowest BCUT2D eigenvalue weighted by Gasteiger charge is -2.32. The Labute approximate surface area is 104 Å². The minimum atomic E-state index is -1.05. The Bertz CT molecular complexity index is 304. The van der Waals surface area contributed by atoms with Gasteiger partial charge < -0.3 is 14.4 Å². The van der Waals surface area contributed by atoms with Crippen molar-refractivity contribution < 1.29 is 14.4 Å². The molecule has 1 aliphatic heterocycles.